The number of rotatable bonds is 5. The number of aromatic nitrogens is 1. The van der Waals surface area contributed by atoms with E-state index < -0.39 is 5.97 Å². The molecule has 0 bridgehead atoms. The third-order valence-corrected chi connectivity index (χ3v) is 3.79. The molecule has 0 aromatic carbocycles. The van der Waals surface area contributed by atoms with E-state index >= 15 is 0 Å². The first-order valence-electron chi connectivity index (χ1n) is 5.28. The van der Waals surface area contributed by atoms with Gasteiger partial charge in [-0.2, -0.15) is 0 Å². The molecule has 0 saturated carbocycles. The van der Waals surface area contributed by atoms with Crippen molar-refractivity contribution in [2.75, 3.05) is 5.32 Å². The first kappa shape index (κ1) is 13.0. The lowest BCUT2D eigenvalue weighted by Gasteiger charge is -2.03. The zero-order valence-electron chi connectivity index (χ0n) is 9.39. The largest absolute Gasteiger partial charge is 0.481 e. The maximum absolute atomic E-state index is 10.6. The molecule has 4 nitrogen and oxygen atoms in total. The number of halogens is 1. The van der Waals surface area contributed by atoms with Crippen molar-refractivity contribution in [1.82, 2.24) is 4.98 Å². The number of aliphatic carboxylic acids is 1. The van der Waals surface area contributed by atoms with Crippen LogP contribution in [0.5, 0.6) is 0 Å². The van der Waals surface area contributed by atoms with Gasteiger partial charge < -0.3 is 10.4 Å². The molecule has 6 heteroatoms. The summed E-state index contributed by atoms with van der Waals surface area (Å²) < 4.78 is 0.799. The second kappa shape index (κ2) is 5.97. The smallest absolute Gasteiger partial charge is 0.308 e. The molecular formula is C12H11BrN2O2S. The van der Waals surface area contributed by atoms with Crippen LogP contribution in [-0.4, -0.2) is 16.1 Å². The van der Waals surface area contributed by atoms with E-state index in [2.05, 4.69) is 26.2 Å². The SMILES string of the molecule is O=C(O)Cc1ccc(CNc2ccc(Br)nc2)s1. The molecule has 2 heterocycles. The number of anilines is 1. The van der Waals surface area contributed by atoms with Crippen LogP contribution in [0.3, 0.4) is 0 Å². The second-order valence-electron chi connectivity index (χ2n) is 3.66. The number of carboxylic acid groups (broad SMARTS) is 1. The Bertz CT molecular complexity index is 539. The lowest BCUT2D eigenvalue weighted by atomic mass is 10.3. The van der Waals surface area contributed by atoms with E-state index in [-0.39, 0.29) is 6.42 Å². The van der Waals surface area contributed by atoms with Gasteiger partial charge in [-0.25, -0.2) is 4.98 Å². The van der Waals surface area contributed by atoms with Crippen molar-refractivity contribution >= 4 is 38.9 Å². The van der Waals surface area contributed by atoms with Gasteiger partial charge in [-0.1, -0.05) is 0 Å². The van der Waals surface area contributed by atoms with Crippen LogP contribution in [0.25, 0.3) is 0 Å². The highest BCUT2D eigenvalue weighted by molar-refractivity contribution is 9.10. The van der Waals surface area contributed by atoms with Crippen molar-refractivity contribution in [2.45, 2.75) is 13.0 Å². The van der Waals surface area contributed by atoms with Crippen LogP contribution < -0.4 is 5.32 Å². The van der Waals surface area contributed by atoms with Crippen LogP contribution in [-0.2, 0) is 17.8 Å². The Balaban J connectivity index is 1.92. The fourth-order valence-corrected chi connectivity index (χ4v) is 2.61. The van der Waals surface area contributed by atoms with E-state index in [0.29, 0.717) is 6.54 Å². The number of thiophene rings is 1. The van der Waals surface area contributed by atoms with Gasteiger partial charge in [0, 0.05) is 16.3 Å². The summed E-state index contributed by atoms with van der Waals surface area (Å²) in [6.45, 7) is 0.674. The van der Waals surface area contributed by atoms with Gasteiger partial charge in [0.15, 0.2) is 0 Å². The number of hydrogen-bond donors (Lipinski definition) is 2. The van der Waals surface area contributed by atoms with Crippen molar-refractivity contribution < 1.29 is 9.90 Å². The molecule has 18 heavy (non-hydrogen) atoms. The molecule has 0 aliphatic rings. The number of pyridine rings is 1. The molecule has 2 aromatic heterocycles. The highest BCUT2D eigenvalue weighted by atomic mass is 79.9. The highest BCUT2D eigenvalue weighted by Crippen LogP contribution is 2.19. The van der Waals surface area contributed by atoms with E-state index in [1.807, 2.05) is 24.3 Å². The lowest BCUT2D eigenvalue weighted by Crippen LogP contribution is -1.98. The van der Waals surface area contributed by atoms with E-state index in [4.69, 9.17) is 5.11 Å². The first-order valence-corrected chi connectivity index (χ1v) is 6.89. The Morgan fingerprint density at radius 3 is 2.78 bits per heavy atom. The van der Waals surface area contributed by atoms with Gasteiger partial charge in [-0.05, 0) is 40.2 Å². The molecule has 0 fully saturated rings. The number of hydrogen-bond acceptors (Lipinski definition) is 4. The van der Waals surface area contributed by atoms with Crippen LogP contribution in [0, 0.1) is 0 Å². The van der Waals surface area contributed by atoms with Gasteiger partial charge in [0.25, 0.3) is 0 Å². The summed E-state index contributed by atoms with van der Waals surface area (Å²) in [5.41, 5.74) is 0.936. The van der Waals surface area contributed by atoms with Gasteiger partial charge in [-0.3, -0.25) is 4.79 Å². The summed E-state index contributed by atoms with van der Waals surface area (Å²) in [4.78, 5) is 16.7. The van der Waals surface area contributed by atoms with Crippen molar-refractivity contribution in [1.29, 1.82) is 0 Å². The minimum atomic E-state index is -0.798. The quantitative estimate of drug-likeness (QED) is 0.828. The van der Waals surface area contributed by atoms with Crippen molar-refractivity contribution in [2.24, 2.45) is 0 Å². The maximum Gasteiger partial charge on any atom is 0.308 e. The van der Waals surface area contributed by atoms with Crippen LogP contribution in [0.4, 0.5) is 5.69 Å². The van der Waals surface area contributed by atoms with Crippen LogP contribution in [0.15, 0.2) is 35.1 Å². The molecule has 0 radical (unpaired) electrons. The third kappa shape index (κ3) is 3.82. The lowest BCUT2D eigenvalue weighted by molar-refractivity contribution is -0.136. The van der Waals surface area contributed by atoms with E-state index in [1.165, 1.54) is 11.3 Å². The molecular weight excluding hydrogens is 316 g/mol. The third-order valence-electron chi connectivity index (χ3n) is 2.24. The van der Waals surface area contributed by atoms with Crippen LogP contribution in [0.1, 0.15) is 9.75 Å². The predicted molar refractivity (Wildman–Crippen MR) is 74.9 cm³/mol. The van der Waals surface area contributed by atoms with Gasteiger partial charge in [0.05, 0.1) is 18.3 Å². The molecule has 0 amide bonds. The monoisotopic (exact) mass is 326 g/mol. The second-order valence-corrected chi connectivity index (χ2v) is 5.73. The zero-order valence-corrected chi connectivity index (χ0v) is 11.8. The Hall–Kier alpha value is -1.40. The summed E-state index contributed by atoms with van der Waals surface area (Å²) in [5, 5.41) is 11.9. The van der Waals surface area contributed by atoms with Gasteiger partial charge in [0.1, 0.15) is 4.60 Å². The summed E-state index contributed by atoms with van der Waals surface area (Å²) in [6, 6.07) is 7.60. The van der Waals surface area contributed by atoms with Crippen LogP contribution >= 0.6 is 27.3 Å². The molecule has 0 saturated heterocycles. The van der Waals surface area contributed by atoms with Gasteiger partial charge in [0.2, 0.25) is 0 Å². The minimum Gasteiger partial charge on any atom is -0.481 e. The molecule has 0 aliphatic carbocycles. The molecule has 2 rings (SSSR count). The van der Waals surface area contributed by atoms with E-state index in [1.54, 1.807) is 6.20 Å². The fraction of sp³-hybridized carbons (Fsp3) is 0.167. The normalized spacial score (nSPS) is 10.3. The average molecular weight is 327 g/mol. The zero-order chi connectivity index (χ0) is 13.0. The Morgan fingerprint density at radius 1 is 1.33 bits per heavy atom. The topological polar surface area (TPSA) is 62.2 Å². The van der Waals surface area contributed by atoms with E-state index in [9.17, 15) is 4.79 Å². The molecule has 0 atom stereocenters. The summed E-state index contributed by atoms with van der Waals surface area (Å²) in [5.74, 6) is -0.798. The molecule has 0 spiro atoms. The molecule has 2 aromatic rings. The molecule has 2 N–H and O–H groups in total. The standard InChI is InChI=1S/C12H11BrN2O2S/c13-11-4-1-8(6-15-11)14-7-10-3-2-9(18-10)5-12(16)17/h1-4,6,14H,5,7H2,(H,16,17). The van der Waals surface area contributed by atoms with Crippen molar-refractivity contribution in [3.05, 3.63) is 44.8 Å². The minimum absolute atomic E-state index is 0.0878. The number of nitrogens with one attached hydrogen (secondary N) is 1. The highest BCUT2D eigenvalue weighted by Gasteiger charge is 2.04. The molecule has 0 unspecified atom stereocenters. The summed E-state index contributed by atoms with van der Waals surface area (Å²) in [7, 11) is 0. The predicted octanol–water partition coefficient (Wildman–Crippen LogP) is 3.14. The number of nitrogens with zero attached hydrogens (tertiary/aromatic N) is 1. The Morgan fingerprint density at radius 2 is 2.11 bits per heavy atom. The Kier molecular flexibility index (Phi) is 4.33. The Labute approximate surface area is 117 Å². The fourth-order valence-electron chi connectivity index (χ4n) is 1.43. The maximum atomic E-state index is 10.6. The molecule has 0 aliphatic heterocycles. The summed E-state index contributed by atoms with van der Waals surface area (Å²) in [6.07, 6.45) is 1.83. The molecule has 94 valence electrons. The van der Waals surface area contributed by atoms with Gasteiger partial charge in [-0.15, -0.1) is 11.3 Å². The van der Waals surface area contributed by atoms with Crippen molar-refractivity contribution in [3.63, 3.8) is 0 Å². The summed E-state index contributed by atoms with van der Waals surface area (Å²) >= 11 is 4.79. The average Bonchev–Trinajstić information content (AvgIpc) is 2.75. The van der Waals surface area contributed by atoms with Gasteiger partial charge >= 0.3 is 5.97 Å². The van der Waals surface area contributed by atoms with Crippen LogP contribution in [0.2, 0.25) is 0 Å². The number of carboxylic acids is 1. The van der Waals surface area contributed by atoms with E-state index in [0.717, 1.165) is 20.0 Å². The van der Waals surface area contributed by atoms with Crippen molar-refractivity contribution in [3.8, 4) is 0 Å². The number of carbonyl (C=O) groups is 1. The first-order chi connectivity index (χ1) is 8.63.